The zero-order valence-electron chi connectivity index (χ0n) is 11.9. The molecule has 0 atom stereocenters. The van der Waals surface area contributed by atoms with Crippen molar-refractivity contribution in [2.45, 2.75) is 6.92 Å². The highest BCUT2D eigenvalue weighted by atomic mass is 79.9. The summed E-state index contributed by atoms with van der Waals surface area (Å²) < 4.78 is 5.85. The maximum atomic E-state index is 12.2. The molecule has 7 heteroatoms. The van der Waals surface area contributed by atoms with Crippen molar-refractivity contribution < 1.29 is 14.5 Å². The van der Waals surface area contributed by atoms with Crippen molar-refractivity contribution in [1.29, 1.82) is 0 Å². The molecule has 0 aromatic heterocycles. The Kier molecular flexibility index (Phi) is 4.77. The number of nitrogens with one attached hydrogen (secondary N) is 1. The largest absolute Gasteiger partial charge is 0.490 e. The molecule has 2 aromatic carbocycles. The molecule has 0 aliphatic carbocycles. The van der Waals surface area contributed by atoms with Crippen LogP contribution in [0, 0.1) is 17.0 Å². The number of aryl methyl sites for hydroxylation is 1. The third-order valence-electron chi connectivity index (χ3n) is 3.05. The number of carbonyl (C=O) groups excluding carboxylic acids is 1. The first kappa shape index (κ1) is 16.0. The number of hydrogen-bond donors (Lipinski definition) is 1. The summed E-state index contributed by atoms with van der Waals surface area (Å²) in [5.74, 6) is -0.312. The van der Waals surface area contributed by atoms with Gasteiger partial charge in [-0.2, -0.15) is 0 Å². The molecular formula is C15H13BrN2O4. The normalized spacial score (nSPS) is 10.1. The number of nitrogens with zero attached hydrogens (tertiary/aromatic N) is 1. The molecule has 1 amide bonds. The molecule has 0 spiro atoms. The van der Waals surface area contributed by atoms with E-state index in [1.807, 2.05) is 13.0 Å². The molecule has 0 fully saturated rings. The Labute approximate surface area is 135 Å². The van der Waals surface area contributed by atoms with E-state index in [0.29, 0.717) is 5.69 Å². The van der Waals surface area contributed by atoms with Crippen LogP contribution >= 0.6 is 15.9 Å². The van der Waals surface area contributed by atoms with Gasteiger partial charge in [0.1, 0.15) is 0 Å². The number of methoxy groups -OCH3 is 1. The Morgan fingerprint density at radius 2 is 2.00 bits per heavy atom. The Balaban J connectivity index is 2.27. The Hall–Kier alpha value is -2.41. The van der Waals surface area contributed by atoms with Gasteiger partial charge in [-0.1, -0.05) is 15.9 Å². The summed E-state index contributed by atoms with van der Waals surface area (Å²) in [6.07, 6.45) is 0. The molecule has 0 saturated carbocycles. The highest BCUT2D eigenvalue weighted by molar-refractivity contribution is 9.10. The fourth-order valence-corrected chi connectivity index (χ4v) is 2.15. The molecule has 114 valence electrons. The molecule has 6 nitrogen and oxygen atoms in total. The van der Waals surface area contributed by atoms with Gasteiger partial charge < -0.3 is 10.1 Å². The van der Waals surface area contributed by atoms with Crippen molar-refractivity contribution in [3.63, 3.8) is 0 Å². The van der Waals surface area contributed by atoms with E-state index in [1.165, 1.54) is 25.3 Å². The Morgan fingerprint density at radius 1 is 1.27 bits per heavy atom. The van der Waals surface area contributed by atoms with E-state index < -0.39 is 10.8 Å². The minimum atomic E-state index is -0.584. The van der Waals surface area contributed by atoms with Gasteiger partial charge >= 0.3 is 5.69 Å². The summed E-state index contributed by atoms with van der Waals surface area (Å²) in [6, 6.07) is 9.45. The lowest BCUT2D eigenvalue weighted by Gasteiger charge is -2.08. The van der Waals surface area contributed by atoms with Crippen LogP contribution in [0.15, 0.2) is 40.9 Å². The van der Waals surface area contributed by atoms with Crippen molar-refractivity contribution >= 4 is 33.2 Å². The first-order valence-corrected chi connectivity index (χ1v) is 7.11. The van der Waals surface area contributed by atoms with Crippen LogP contribution in [0.3, 0.4) is 0 Å². The molecule has 0 radical (unpaired) electrons. The smallest absolute Gasteiger partial charge is 0.311 e. The van der Waals surface area contributed by atoms with Crippen molar-refractivity contribution in [3.8, 4) is 5.75 Å². The van der Waals surface area contributed by atoms with Gasteiger partial charge in [0.15, 0.2) is 5.75 Å². The van der Waals surface area contributed by atoms with Crippen LogP contribution in [0.2, 0.25) is 0 Å². The number of carbonyl (C=O) groups is 1. The number of nitro groups is 1. The van der Waals surface area contributed by atoms with E-state index in [9.17, 15) is 14.9 Å². The van der Waals surface area contributed by atoms with Crippen LogP contribution < -0.4 is 10.1 Å². The van der Waals surface area contributed by atoms with Crippen molar-refractivity contribution in [2.24, 2.45) is 0 Å². The van der Waals surface area contributed by atoms with E-state index in [0.717, 1.165) is 10.0 Å². The van der Waals surface area contributed by atoms with Crippen LogP contribution in [0.4, 0.5) is 11.4 Å². The maximum Gasteiger partial charge on any atom is 0.311 e. The van der Waals surface area contributed by atoms with Gasteiger partial charge in [-0.3, -0.25) is 14.9 Å². The predicted molar refractivity (Wildman–Crippen MR) is 86.5 cm³/mol. The maximum absolute atomic E-state index is 12.2. The molecule has 0 saturated heterocycles. The van der Waals surface area contributed by atoms with E-state index >= 15 is 0 Å². The molecule has 0 aliphatic heterocycles. The number of ether oxygens (including phenoxy) is 1. The minimum Gasteiger partial charge on any atom is -0.490 e. The summed E-state index contributed by atoms with van der Waals surface area (Å²) in [6.45, 7) is 1.90. The lowest BCUT2D eigenvalue weighted by Crippen LogP contribution is -2.12. The number of halogens is 1. The van der Waals surface area contributed by atoms with Crippen molar-refractivity contribution in [1.82, 2.24) is 0 Å². The molecule has 0 aliphatic rings. The van der Waals surface area contributed by atoms with Gasteiger partial charge in [-0.15, -0.1) is 0 Å². The Bertz CT molecular complexity index is 746. The number of nitro benzene ring substituents is 1. The molecule has 0 heterocycles. The number of rotatable bonds is 4. The summed E-state index contributed by atoms with van der Waals surface area (Å²) >= 11 is 3.38. The van der Waals surface area contributed by atoms with Gasteiger partial charge in [0, 0.05) is 21.8 Å². The topological polar surface area (TPSA) is 81.5 Å². The number of anilines is 1. The molecule has 1 N–H and O–H groups in total. The first-order chi connectivity index (χ1) is 10.4. The molecule has 22 heavy (non-hydrogen) atoms. The van der Waals surface area contributed by atoms with Gasteiger partial charge in [-0.05, 0) is 42.8 Å². The summed E-state index contributed by atoms with van der Waals surface area (Å²) in [7, 11) is 1.34. The minimum absolute atomic E-state index is 0.112. The molecule has 0 unspecified atom stereocenters. The summed E-state index contributed by atoms with van der Waals surface area (Å²) in [5, 5.41) is 13.7. The van der Waals surface area contributed by atoms with Gasteiger partial charge in [0.05, 0.1) is 12.0 Å². The van der Waals surface area contributed by atoms with Crippen molar-refractivity contribution in [2.75, 3.05) is 12.4 Å². The SMILES string of the molecule is COc1ccc(C(=O)Nc2ccc(Br)c(C)c2)cc1[N+](=O)[O-]. The Morgan fingerprint density at radius 3 is 2.59 bits per heavy atom. The highest BCUT2D eigenvalue weighted by Crippen LogP contribution is 2.28. The van der Waals surface area contributed by atoms with E-state index in [-0.39, 0.29) is 17.0 Å². The van der Waals surface area contributed by atoms with Crippen LogP contribution in [-0.2, 0) is 0 Å². The molecule has 0 bridgehead atoms. The van der Waals surface area contributed by atoms with E-state index in [1.54, 1.807) is 12.1 Å². The fourth-order valence-electron chi connectivity index (χ4n) is 1.90. The molecular weight excluding hydrogens is 352 g/mol. The summed E-state index contributed by atoms with van der Waals surface area (Å²) in [4.78, 5) is 22.6. The van der Waals surface area contributed by atoms with Crippen LogP contribution in [0.5, 0.6) is 5.75 Å². The number of hydrogen-bond acceptors (Lipinski definition) is 4. The third kappa shape index (κ3) is 3.43. The zero-order valence-corrected chi connectivity index (χ0v) is 13.5. The second kappa shape index (κ2) is 6.57. The van der Waals surface area contributed by atoms with Crippen LogP contribution in [0.25, 0.3) is 0 Å². The lowest BCUT2D eigenvalue weighted by molar-refractivity contribution is -0.385. The average molecular weight is 365 g/mol. The first-order valence-electron chi connectivity index (χ1n) is 6.32. The van der Waals surface area contributed by atoms with Gasteiger partial charge in [-0.25, -0.2) is 0 Å². The standard InChI is InChI=1S/C15H13BrN2O4/c1-9-7-11(4-5-12(9)16)17-15(19)10-3-6-14(22-2)13(8-10)18(20)21/h3-8H,1-2H3,(H,17,19). The average Bonchev–Trinajstić information content (AvgIpc) is 2.50. The monoisotopic (exact) mass is 364 g/mol. The third-order valence-corrected chi connectivity index (χ3v) is 3.94. The number of amides is 1. The van der Waals surface area contributed by atoms with Crippen molar-refractivity contribution in [3.05, 3.63) is 62.1 Å². The summed E-state index contributed by atoms with van der Waals surface area (Å²) in [5.41, 5.74) is 1.53. The lowest BCUT2D eigenvalue weighted by atomic mass is 10.1. The van der Waals surface area contributed by atoms with E-state index in [4.69, 9.17) is 4.74 Å². The van der Waals surface area contributed by atoms with Gasteiger partial charge in [0.2, 0.25) is 0 Å². The second-order valence-electron chi connectivity index (χ2n) is 4.56. The number of benzene rings is 2. The quantitative estimate of drug-likeness (QED) is 0.658. The van der Waals surface area contributed by atoms with E-state index in [2.05, 4.69) is 21.2 Å². The highest BCUT2D eigenvalue weighted by Gasteiger charge is 2.18. The predicted octanol–water partition coefficient (Wildman–Crippen LogP) is 3.93. The second-order valence-corrected chi connectivity index (χ2v) is 5.42. The zero-order chi connectivity index (χ0) is 16.3. The van der Waals surface area contributed by atoms with Crippen LogP contribution in [0.1, 0.15) is 15.9 Å². The molecule has 2 aromatic rings. The molecule has 2 rings (SSSR count). The van der Waals surface area contributed by atoms with Gasteiger partial charge in [0.25, 0.3) is 5.91 Å². The fraction of sp³-hybridized carbons (Fsp3) is 0.133. The van der Waals surface area contributed by atoms with Crippen LogP contribution in [-0.4, -0.2) is 17.9 Å².